The Balaban J connectivity index is 2.24. The van der Waals surface area contributed by atoms with E-state index in [1.165, 1.54) is 0 Å². The Morgan fingerprint density at radius 3 is 2.88 bits per heavy atom. The van der Waals surface area contributed by atoms with Gasteiger partial charge in [0.2, 0.25) is 0 Å². The molecule has 1 saturated heterocycles. The zero-order valence-corrected chi connectivity index (χ0v) is 11.5. The number of nitrogens with zero attached hydrogens (tertiary/aromatic N) is 1. The number of piperidine rings is 1. The molecule has 1 fully saturated rings. The Morgan fingerprint density at radius 2 is 2.29 bits per heavy atom. The number of carbonyl (C=O) groups excluding carboxylic acids is 1. The molecule has 0 aromatic rings. The maximum atomic E-state index is 11.5. The van der Waals surface area contributed by atoms with E-state index in [1.54, 1.807) is 0 Å². The van der Waals surface area contributed by atoms with Gasteiger partial charge in [0, 0.05) is 18.6 Å². The van der Waals surface area contributed by atoms with Gasteiger partial charge in [0.15, 0.2) is 0 Å². The Morgan fingerprint density at radius 1 is 1.59 bits per heavy atom. The van der Waals surface area contributed by atoms with Crippen molar-refractivity contribution >= 4 is 5.97 Å². The van der Waals surface area contributed by atoms with Crippen molar-refractivity contribution in [3.05, 3.63) is 0 Å². The number of rotatable bonds is 5. The van der Waals surface area contributed by atoms with E-state index in [4.69, 9.17) is 4.74 Å². The molecular weight excluding hydrogens is 216 g/mol. The van der Waals surface area contributed by atoms with Crippen molar-refractivity contribution in [1.82, 2.24) is 10.2 Å². The fourth-order valence-electron chi connectivity index (χ4n) is 2.19. The van der Waals surface area contributed by atoms with Gasteiger partial charge in [-0.25, -0.2) is 0 Å². The van der Waals surface area contributed by atoms with Crippen molar-refractivity contribution < 1.29 is 9.53 Å². The van der Waals surface area contributed by atoms with Gasteiger partial charge in [0.25, 0.3) is 0 Å². The molecule has 1 heterocycles. The molecule has 4 nitrogen and oxygen atoms in total. The van der Waals surface area contributed by atoms with Gasteiger partial charge in [-0.15, -0.1) is 0 Å². The van der Waals surface area contributed by atoms with Gasteiger partial charge in [0.1, 0.15) is 0 Å². The Labute approximate surface area is 105 Å². The maximum Gasteiger partial charge on any atom is 0.309 e. The summed E-state index contributed by atoms with van der Waals surface area (Å²) in [4.78, 5) is 13.8. The molecule has 0 saturated carbocycles. The van der Waals surface area contributed by atoms with E-state index in [0.717, 1.165) is 25.9 Å². The first-order chi connectivity index (χ1) is 8.04. The van der Waals surface area contributed by atoms with Crippen LogP contribution in [0.25, 0.3) is 0 Å². The molecule has 0 aliphatic carbocycles. The van der Waals surface area contributed by atoms with Crippen LogP contribution in [-0.2, 0) is 9.53 Å². The summed E-state index contributed by atoms with van der Waals surface area (Å²) >= 11 is 0. The van der Waals surface area contributed by atoms with Crippen LogP contribution in [0.2, 0.25) is 0 Å². The molecule has 3 unspecified atom stereocenters. The van der Waals surface area contributed by atoms with Crippen molar-refractivity contribution in [1.29, 1.82) is 0 Å². The molecule has 0 amide bonds. The number of esters is 1. The second kappa shape index (κ2) is 6.97. The molecule has 100 valence electrons. The van der Waals surface area contributed by atoms with E-state index < -0.39 is 0 Å². The smallest absolute Gasteiger partial charge is 0.309 e. The predicted molar refractivity (Wildman–Crippen MR) is 68.9 cm³/mol. The van der Waals surface area contributed by atoms with Crippen molar-refractivity contribution in [2.24, 2.45) is 5.92 Å². The van der Waals surface area contributed by atoms with Crippen LogP contribution < -0.4 is 5.32 Å². The molecule has 0 aromatic heterocycles. The Bertz CT molecular complexity index is 246. The molecule has 4 heteroatoms. The number of carbonyl (C=O) groups is 1. The fourth-order valence-corrected chi connectivity index (χ4v) is 2.19. The summed E-state index contributed by atoms with van der Waals surface area (Å²) in [5, 5.41) is 3.48. The zero-order chi connectivity index (χ0) is 12.8. The van der Waals surface area contributed by atoms with E-state index in [1.807, 2.05) is 13.8 Å². The highest BCUT2D eigenvalue weighted by atomic mass is 16.5. The second-order valence-corrected chi connectivity index (χ2v) is 5.11. The summed E-state index contributed by atoms with van der Waals surface area (Å²) in [7, 11) is 2.17. The van der Waals surface area contributed by atoms with E-state index in [0.29, 0.717) is 18.7 Å². The number of hydrogen-bond acceptors (Lipinski definition) is 4. The lowest BCUT2D eigenvalue weighted by atomic mass is 9.98. The molecule has 3 atom stereocenters. The van der Waals surface area contributed by atoms with Crippen LogP contribution in [0, 0.1) is 5.92 Å². The van der Waals surface area contributed by atoms with E-state index >= 15 is 0 Å². The Kier molecular flexibility index (Phi) is 5.92. The topological polar surface area (TPSA) is 41.6 Å². The van der Waals surface area contributed by atoms with E-state index in [9.17, 15) is 4.79 Å². The molecule has 0 aromatic carbocycles. The number of nitrogens with one attached hydrogen (secondary N) is 1. The van der Waals surface area contributed by atoms with Gasteiger partial charge in [-0.1, -0.05) is 6.92 Å². The highest BCUT2D eigenvalue weighted by Crippen LogP contribution is 2.15. The van der Waals surface area contributed by atoms with Crippen LogP contribution in [0.15, 0.2) is 0 Å². The molecule has 0 spiro atoms. The summed E-state index contributed by atoms with van der Waals surface area (Å²) in [6.45, 7) is 8.34. The third kappa shape index (κ3) is 4.64. The van der Waals surface area contributed by atoms with Crippen LogP contribution in [0.3, 0.4) is 0 Å². The number of hydrogen-bond donors (Lipinski definition) is 1. The lowest BCUT2D eigenvalue weighted by Crippen LogP contribution is -2.47. The minimum Gasteiger partial charge on any atom is -0.466 e. The van der Waals surface area contributed by atoms with Gasteiger partial charge < -0.3 is 15.0 Å². The molecule has 0 radical (unpaired) electrons. The number of ether oxygens (including phenoxy) is 1. The molecule has 1 aliphatic rings. The normalized spacial score (nSPS) is 27.8. The van der Waals surface area contributed by atoms with Gasteiger partial charge in [-0.3, -0.25) is 4.79 Å². The average Bonchev–Trinajstić information content (AvgIpc) is 2.30. The first-order valence-corrected chi connectivity index (χ1v) is 6.64. The van der Waals surface area contributed by atoms with Gasteiger partial charge in [-0.2, -0.15) is 0 Å². The largest absolute Gasteiger partial charge is 0.466 e. The standard InChI is InChI=1S/C13H26N2O2/c1-5-17-13(16)10(2)9-14-12-6-7-15(4)11(3)8-12/h10-12,14H,5-9H2,1-4H3. The summed E-state index contributed by atoms with van der Waals surface area (Å²) < 4.78 is 4.99. The second-order valence-electron chi connectivity index (χ2n) is 5.11. The first-order valence-electron chi connectivity index (χ1n) is 6.64. The van der Waals surface area contributed by atoms with Crippen molar-refractivity contribution in [2.75, 3.05) is 26.7 Å². The van der Waals surface area contributed by atoms with Crippen LogP contribution in [0.1, 0.15) is 33.6 Å². The van der Waals surface area contributed by atoms with Gasteiger partial charge in [0.05, 0.1) is 12.5 Å². The van der Waals surface area contributed by atoms with Gasteiger partial charge in [-0.05, 0) is 40.3 Å². The predicted octanol–water partition coefficient (Wildman–Crippen LogP) is 1.26. The summed E-state index contributed by atoms with van der Waals surface area (Å²) in [6, 6.07) is 1.16. The van der Waals surface area contributed by atoms with E-state index in [2.05, 4.69) is 24.2 Å². The summed E-state index contributed by atoms with van der Waals surface area (Å²) in [5.74, 6) is -0.147. The molecule has 1 aliphatic heterocycles. The van der Waals surface area contributed by atoms with Gasteiger partial charge >= 0.3 is 5.97 Å². The van der Waals surface area contributed by atoms with Crippen molar-refractivity contribution in [2.45, 2.75) is 45.7 Å². The molecule has 1 N–H and O–H groups in total. The quantitative estimate of drug-likeness (QED) is 0.737. The van der Waals surface area contributed by atoms with Crippen molar-refractivity contribution in [3.63, 3.8) is 0 Å². The van der Waals surface area contributed by atoms with Crippen LogP contribution in [-0.4, -0.2) is 49.7 Å². The van der Waals surface area contributed by atoms with Crippen LogP contribution in [0.4, 0.5) is 0 Å². The summed E-state index contributed by atoms with van der Waals surface area (Å²) in [6.07, 6.45) is 2.32. The lowest BCUT2D eigenvalue weighted by molar-refractivity contribution is -0.147. The molecule has 17 heavy (non-hydrogen) atoms. The first kappa shape index (κ1) is 14.5. The van der Waals surface area contributed by atoms with Crippen molar-refractivity contribution in [3.8, 4) is 0 Å². The van der Waals surface area contributed by atoms with Crippen LogP contribution in [0.5, 0.6) is 0 Å². The maximum absolute atomic E-state index is 11.5. The zero-order valence-electron chi connectivity index (χ0n) is 11.5. The highest BCUT2D eigenvalue weighted by Gasteiger charge is 2.23. The fraction of sp³-hybridized carbons (Fsp3) is 0.923. The molecule has 0 bridgehead atoms. The minimum absolute atomic E-state index is 0.0510. The lowest BCUT2D eigenvalue weighted by Gasteiger charge is -2.35. The number of likely N-dealkylation sites (tertiary alicyclic amines) is 1. The minimum atomic E-state index is -0.0963. The third-order valence-corrected chi connectivity index (χ3v) is 3.61. The third-order valence-electron chi connectivity index (χ3n) is 3.61. The van der Waals surface area contributed by atoms with E-state index in [-0.39, 0.29) is 11.9 Å². The average molecular weight is 242 g/mol. The monoisotopic (exact) mass is 242 g/mol. The molecule has 1 rings (SSSR count). The SMILES string of the molecule is CCOC(=O)C(C)CNC1CCN(C)C(C)C1. The summed E-state index contributed by atoms with van der Waals surface area (Å²) in [5.41, 5.74) is 0. The highest BCUT2D eigenvalue weighted by molar-refractivity contribution is 5.72. The Hall–Kier alpha value is -0.610. The molecular formula is C13H26N2O2. The van der Waals surface area contributed by atoms with Crippen LogP contribution >= 0.6 is 0 Å².